The third kappa shape index (κ3) is 3.33. The Morgan fingerprint density at radius 1 is 1.39 bits per heavy atom. The highest BCUT2D eigenvalue weighted by molar-refractivity contribution is 7.10. The van der Waals surface area contributed by atoms with Gasteiger partial charge in [-0.05, 0) is 30.7 Å². The number of nitrogens with one attached hydrogen (secondary N) is 1. The monoisotopic (exact) mass is 276 g/mol. The lowest BCUT2D eigenvalue weighted by Gasteiger charge is -2.13. The third-order valence-corrected chi connectivity index (χ3v) is 4.03. The molecule has 0 fully saturated rings. The van der Waals surface area contributed by atoms with Gasteiger partial charge in [-0.15, -0.1) is 11.3 Å². The van der Waals surface area contributed by atoms with E-state index in [1.165, 1.54) is 10.4 Å². The van der Waals surface area contributed by atoms with Gasteiger partial charge in [-0.2, -0.15) is 5.26 Å². The van der Waals surface area contributed by atoms with Crippen LogP contribution in [0.15, 0.2) is 35.7 Å². The molecule has 0 aliphatic carbocycles. The Morgan fingerprint density at radius 2 is 2.11 bits per heavy atom. The number of benzene rings is 1. The molecule has 0 aliphatic heterocycles. The van der Waals surface area contributed by atoms with Crippen LogP contribution in [0.2, 0.25) is 5.02 Å². The summed E-state index contributed by atoms with van der Waals surface area (Å²) in [6.07, 6.45) is 0. The fourth-order valence-corrected chi connectivity index (χ4v) is 2.69. The lowest BCUT2D eigenvalue weighted by Crippen LogP contribution is -2.17. The van der Waals surface area contributed by atoms with E-state index in [1.54, 1.807) is 11.3 Å². The molecule has 0 saturated heterocycles. The summed E-state index contributed by atoms with van der Waals surface area (Å²) in [7, 11) is 0. The van der Waals surface area contributed by atoms with Crippen LogP contribution in [-0.4, -0.2) is 0 Å². The third-order valence-electron chi connectivity index (χ3n) is 2.74. The van der Waals surface area contributed by atoms with Crippen LogP contribution in [0.4, 0.5) is 0 Å². The number of halogens is 1. The van der Waals surface area contributed by atoms with Crippen LogP contribution < -0.4 is 5.32 Å². The largest absolute Gasteiger partial charge is 0.305 e. The van der Waals surface area contributed by atoms with E-state index in [0.717, 1.165) is 11.6 Å². The van der Waals surface area contributed by atoms with Gasteiger partial charge in [0.25, 0.3) is 0 Å². The van der Waals surface area contributed by atoms with E-state index in [-0.39, 0.29) is 6.04 Å². The molecule has 1 unspecified atom stereocenters. The van der Waals surface area contributed by atoms with Crippen LogP contribution in [-0.2, 0) is 6.54 Å². The van der Waals surface area contributed by atoms with E-state index in [9.17, 15) is 0 Å². The lowest BCUT2D eigenvalue weighted by molar-refractivity contribution is 0.579. The van der Waals surface area contributed by atoms with Crippen LogP contribution in [0.1, 0.15) is 29.0 Å². The predicted molar refractivity (Wildman–Crippen MR) is 75.7 cm³/mol. The first-order valence-corrected chi connectivity index (χ1v) is 6.91. The molecule has 1 atom stereocenters. The smallest absolute Gasteiger partial charge is 0.0991 e. The van der Waals surface area contributed by atoms with Gasteiger partial charge in [-0.25, -0.2) is 0 Å². The standard InChI is InChI=1S/C14H13ClN2S/c1-10(12-4-2-11(7-16)3-5-12)17-8-14-6-13(15)9-18-14/h2-6,9-10,17H,8H2,1H3. The Bertz CT molecular complexity index is 554. The maximum atomic E-state index is 8.74. The van der Waals surface area contributed by atoms with Crippen LogP contribution in [0.3, 0.4) is 0 Å². The molecule has 1 aromatic carbocycles. The van der Waals surface area contributed by atoms with Gasteiger partial charge in [0, 0.05) is 22.8 Å². The second-order valence-electron chi connectivity index (χ2n) is 4.07. The Kier molecular flexibility index (Phi) is 4.38. The molecule has 2 aromatic rings. The summed E-state index contributed by atoms with van der Waals surface area (Å²) in [5.41, 5.74) is 1.87. The van der Waals surface area contributed by atoms with E-state index < -0.39 is 0 Å². The van der Waals surface area contributed by atoms with E-state index in [4.69, 9.17) is 16.9 Å². The highest BCUT2D eigenvalue weighted by Gasteiger charge is 2.05. The normalized spacial score (nSPS) is 12.1. The van der Waals surface area contributed by atoms with Crippen molar-refractivity contribution in [3.8, 4) is 6.07 Å². The predicted octanol–water partition coefficient (Wildman–Crippen LogP) is 4.12. The molecule has 0 aliphatic rings. The quantitative estimate of drug-likeness (QED) is 0.912. The summed E-state index contributed by atoms with van der Waals surface area (Å²) in [6.45, 7) is 2.91. The zero-order valence-corrected chi connectivity index (χ0v) is 11.6. The number of hydrogen-bond donors (Lipinski definition) is 1. The molecule has 0 spiro atoms. The van der Waals surface area contributed by atoms with Gasteiger partial charge in [0.1, 0.15) is 0 Å². The molecule has 1 aromatic heterocycles. The van der Waals surface area contributed by atoms with Gasteiger partial charge in [0.2, 0.25) is 0 Å². The molecule has 0 radical (unpaired) electrons. The molecule has 4 heteroatoms. The second kappa shape index (κ2) is 6.01. The Labute approximate surface area is 116 Å². The Morgan fingerprint density at radius 3 is 2.67 bits per heavy atom. The van der Waals surface area contributed by atoms with Crippen molar-refractivity contribution in [1.29, 1.82) is 5.26 Å². The molecule has 92 valence electrons. The summed E-state index contributed by atoms with van der Waals surface area (Å²) in [4.78, 5) is 1.22. The highest BCUT2D eigenvalue weighted by Crippen LogP contribution is 2.20. The van der Waals surface area contributed by atoms with Crippen molar-refractivity contribution in [2.45, 2.75) is 19.5 Å². The van der Waals surface area contributed by atoms with Crippen LogP contribution in [0, 0.1) is 11.3 Å². The van der Waals surface area contributed by atoms with Gasteiger partial charge in [0.05, 0.1) is 16.7 Å². The van der Waals surface area contributed by atoms with Crippen LogP contribution in [0.5, 0.6) is 0 Å². The summed E-state index contributed by atoms with van der Waals surface area (Å²) in [5, 5.41) is 14.9. The van der Waals surface area contributed by atoms with Crippen molar-refractivity contribution >= 4 is 22.9 Å². The van der Waals surface area contributed by atoms with Crippen molar-refractivity contribution in [2.75, 3.05) is 0 Å². The average molecular weight is 277 g/mol. The van der Waals surface area contributed by atoms with E-state index >= 15 is 0 Å². The molecule has 2 nitrogen and oxygen atoms in total. The minimum atomic E-state index is 0.249. The first kappa shape index (κ1) is 13.1. The van der Waals surface area contributed by atoms with Gasteiger partial charge >= 0.3 is 0 Å². The SMILES string of the molecule is CC(NCc1cc(Cl)cs1)c1ccc(C#N)cc1. The van der Waals surface area contributed by atoms with E-state index in [2.05, 4.69) is 18.3 Å². The summed E-state index contributed by atoms with van der Waals surface area (Å²) < 4.78 is 0. The number of hydrogen-bond acceptors (Lipinski definition) is 3. The fourth-order valence-electron chi connectivity index (χ4n) is 1.66. The molecule has 0 amide bonds. The minimum Gasteiger partial charge on any atom is -0.305 e. The van der Waals surface area contributed by atoms with Gasteiger partial charge < -0.3 is 5.32 Å². The first-order chi connectivity index (χ1) is 8.69. The van der Waals surface area contributed by atoms with Crippen molar-refractivity contribution in [1.82, 2.24) is 5.32 Å². The molecule has 1 N–H and O–H groups in total. The Hall–Kier alpha value is -1.34. The van der Waals surface area contributed by atoms with Crippen LogP contribution in [0.25, 0.3) is 0 Å². The molecule has 0 saturated carbocycles. The second-order valence-corrected chi connectivity index (χ2v) is 5.50. The van der Waals surface area contributed by atoms with E-state index in [0.29, 0.717) is 5.56 Å². The molecule has 2 rings (SSSR count). The molecule has 18 heavy (non-hydrogen) atoms. The van der Waals surface area contributed by atoms with E-state index in [1.807, 2.05) is 35.7 Å². The topological polar surface area (TPSA) is 35.8 Å². The summed E-state index contributed by atoms with van der Waals surface area (Å²) >= 11 is 7.53. The van der Waals surface area contributed by atoms with Gasteiger partial charge in [-0.3, -0.25) is 0 Å². The number of thiophene rings is 1. The summed E-state index contributed by atoms with van der Waals surface area (Å²) in [5.74, 6) is 0. The lowest BCUT2D eigenvalue weighted by atomic mass is 10.1. The summed E-state index contributed by atoms with van der Waals surface area (Å²) in [6, 6.07) is 12.0. The molecule has 0 bridgehead atoms. The average Bonchev–Trinajstić information content (AvgIpc) is 2.82. The number of nitrogens with zero attached hydrogens (tertiary/aromatic N) is 1. The minimum absolute atomic E-state index is 0.249. The number of nitriles is 1. The van der Waals surface area contributed by atoms with Crippen molar-refractivity contribution < 1.29 is 0 Å². The zero-order valence-electron chi connectivity index (χ0n) is 9.98. The Balaban J connectivity index is 1.95. The first-order valence-electron chi connectivity index (χ1n) is 5.65. The fraction of sp³-hybridized carbons (Fsp3) is 0.214. The molecular weight excluding hydrogens is 264 g/mol. The van der Waals surface area contributed by atoms with Crippen LogP contribution >= 0.6 is 22.9 Å². The highest BCUT2D eigenvalue weighted by atomic mass is 35.5. The van der Waals surface area contributed by atoms with Crippen molar-refractivity contribution in [3.05, 3.63) is 56.7 Å². The number of rotatable bonds is 4. The van der Waals surface area contributed by atoms with Gasteiger partial charge in [0.15, 0.2) is 0 Å². The van der Waals surface area contributed by atoms with Crippen molar-refractivity contribution in [3.63, 3.8) is 0 Å². The molecule has 1 heterocycles. The maximum Gasteiger partial charge on any atom is 0.0991 e. The maximum absolute atomic E-state index is 8.74. The zero-order chi connectivity index (χ0) is 13.0. The van der Waals surface area contributed by atoms with Gasteiger partial charge in [-0.1, -0.05) is 23.7 Å². The molecular formula is C14H13ClN2S. The van der Waals surface area contributed by atoms with Crippen molar-refractivity contribution in [2.24, 2.45) is 0 Å².